The van der Waals surface area contributed by atoms with E-state index in [-0.39, 0.29) is 117 Å². The fourth-order valence-electron chi connectivity index (χ4n) is 12.4. The summed E-state index contributed by atoms with van der Waals surface area (Å²) in [6, 6.07) is 32.2. The standard InChI is InChI=1S/C23H19F2N5O.C18H22F2N2O2.C13H14F2N2.C11H18N2O2.C10H7N3O2.C7H5BrF2.6CH4.ClH/c24-17-3-4-19(25)16(12-17)13-23(14-26)6-10-30(11-7-23)22(31)18-2-1-8-28-21(18)20-5-9-27-15-29-20;1-17(2,3)24-16(23)22-8-6-18(12-21,7-9-22)11-13-10-14(19)4-5-15(13)20;14-11-1-2-12(15)10(7-11)8-13(9-16)3-5-17-6-4-13;1-11(2,3)15-10(14)13-6-4-9(8-12)5-7-13;14-10(15)7-2-1-4-12-9(7)8-3-5-11-6-13-8;8-4-5-3-6(9)1-2-7(5)10;;;;;;;/h1-5,8-9,12,15H,6-7,10-11,13H2;4-5,10H,6-9,11H2,1-3H3;1-2,7,17H,3-6,8H2;9H,4-7H2,1-3H3;1-6H,(H,14,15);1-3H,4H2;6*1H4;1H. The minimum Gasteiger partial charge on any atom is -0.478 e. The molecule has 0 radical (unpaired) electrons. The smallest absolute Gasteiger partial charge is 0.410 e. The predicted molar refractivity (Wildman–Crippen MR) is 449 cm³/mol. The molecule has 4 aromatic carbocycles. The minimum atomic E-state index is -1.02. The quantitative estimate of drug-likeness (QED) is 0.0898. The Morgan fingerprint density at radius 2 is 0.815 bits per heavy atom. The van der Waals surface area contributed by atoms with Crippen molar-refractivity contribution < 1.29 is 68.9 Å². The Kier molecular flexibility index (Phi) is 46.0. The van der Waals surface area contributed by atoms with Gasteiger partial charge in [-0.3, -0.25) is 14.8 Å². The van der Waals surface area contributed by atoms with Crippen molar-refractivity contribution in [2.24, 2.45) is 22.2 Å². The Bertz CT molecular complexity index is 4690. The summed E-state index contributed by atoms with van der Waals surface area (Å²) in [7, 11) is 0. The van der Waals surface area contributed by atoms with Crippen LogP contribution in [0.25, 0.3) is 22.8 Å². The molecule has 4 aliphatic heterocycles. The van der Waals surface area contributed by atoms with Crippen molar-refractivity contribution >= 4 is 52.4 Å². The van der Waals surface area contributed by atoms with Crippen LogP contribution in [0, 0.1) is 114 Å². The molecular formula is C88H110BrClF8N14O7. The van der Waals surface area contributed by atoms with Gasteiger partial charge in [-0.15, -0.1) is 12.4 Å². The lowest BCUT2D eigenvalue weighted by atomic mass is 9.75. The number of benzene rings is 4. The number of carbonyl (C=O) groups is 4. The number of carboxylic acids is 1. The summed E-state index contributed by atoms with van der Waals surface area (Å²) in [5.74, 6) is -4.89. The second-order valence-electron chi connectivity index (χ2n) is 29.0. The molecule has 644 valence electrons. The van der Waals surface area contributed by atoms with Gasteiger partial charge in [0.05, 0.1) is 63.0 Å². The van der Waals surface area contributed by atoms with Crippen LogP contribution in [0.3, 0.4) is 0 Å². The first-order valence-corrected chi connectivity index (χ1v) is 36.9. The number of halogens is 10. The first kappa shape index (κ1) is 108. The lowest BCUT2D eigenvalue weighted by molar-refractivity contribution is 0.0145. The largest absolute Gasteiger partial charge is 0.478 e. The number of carbonyl (C=O) groups excluding carboxylic acids is 3. The van der Waals surface area contributed by atoms with Gasteiger partial charge in [0.15, 0.2) is 0 Å². The van der Waals surface area contributed by atoms with Gasteiger partial charge < -0.3 is 34.6 Å². The second-order valence-corrected chi connectivity index (χ2v) is 29.5. The van der Waals surface area contributed by atoms with Crippen LogP contribution < -0.4 is 5.32 Å². The van der Waals surface area contributed by atoms with Crippen LogP contribution in [0.1, 0.15) is 180 Å². The number of hydrogen-bond donors (Lipinski definition) is 2. The molecule has 0 spiro atoms. The average molecular weight is 1740 g/mol. The van der Waals surface area contributed by atoms with E-state index < -0.39 is 80.2 Å². The molecule has 0 aliphatic carbocycles. The number of nitrogens with one attached hydrogen (secondary N) is 1. The van der Waals surface area contributed by atoms with Crippen molar-refractivity contribution in [2.75, 3.05) is 52.4 Å². The number of piperidine rings is 4. The van der Waals surface area contributed by atoms with Crippen LogP contribution in [-0.2, 0) is 34.1 Å². The van der Waals surface area contributed by atoms with Gasteiger partial charge in [0.25, 0.3) is 5.91 Å². The molecule has 12 rings (SSSR count). The first-order chi connectivity index (χ1) is 53.2. The average Bonchev–Trinajstić information content (AvgIpc) is 0.798. The molecule has 4 saturated heterocycles. The van der Waals surface area contributed by atoms with Crippen LogP contribution in [0.2, 0.25) is 0 Å². The number of aromatic carboxylic acids is 1. The number of pyridine rings is 2. The number of nitrogens with zero attached hydrogens (tertiary/aromatic N) is 13. The molecule has 31 heteroatoms. The summed E-state index contributed by atoms with van der Waals surface area (Å²) in [4.78, 5) is 76.8. The number of alkyl halides is 1. The molecule has 0 unspecified atom stereocenters. The summed E-state index contributed by atoms with van der Waals surface area (Å²) in [6.45, 7) is 15.1. The monoisotopic (exact) mass is 1740 g/mol. The highest BCUT2D eigenvalue weighted by atomic mass is 79.9. The van der Waals surface area contributed by atoms with Gasteiger partial charge in [0.2, 0.25) is 0 Å². The van der Waals surface area contributed by atoms with Crippen LogP contribution in [0.4, 0.5) is 44.7 Å². The highest BCUT2D eigenvalue weighted by molar-refractivity contribution is 9.08. The molecule has 0 saturated carbocycles. The fraction of sp³-hybridized carbons (Fsp3) is 0.432. The molecule has 0 atom stereocenters. The molecule has 3 amide bonds. The van der Waals surface area contributed by atoms with Gasteiger partial charge in [-0.2, -0.15) is 21.0 Å². The Balaban J connectivity index is 0.00000143. The molecule has 119 heavy (non-hydrogen) atoms. The molecule has 4 fully saturated rings. The Morgan fingerprint density at radius 1 is 0.479 bits per heavy atom. The summed E-state index contributed by atoms with van der Waals surface area (Å²) >= 11 is 3.04. The number of nitriles is 4. The topological polar surface area (TPSA) is 301 Å². The Hall–Kier alpha value is -11.1. The molecule has 8 aromatic rings. The van der Waals surface area contributed by atoms with E-state index in [1.807, 2.05) is 20.8 Å². The molecule has 21 nitrogen and oxygen atoms in total. The summed E-state index contributed by atoms with van der Waals surface area (Å²) in [6.07, 6.45) is 13.3. The van der Waals surface area contributed by atoms with Crippen LogP contribution in [0.15, 0.2) is 147 Å². The van der Waals surface area contributed by atoms with Crippen molar-refractivity contribution in [1.29, 1.82) is 21.0 Å². The summed E-state index contributed by atoms with van der Waals surface area (Å²) in [5.41, 5.74) is 0.221. The highest BCUT2D eigenvalue weighted by Crippen LogP contribution is 2.39. The first-order valence-electron chi connectivity index (χ1n) is 35.8. The summed E-state index contributed by atoms with van der Waals surface area (Å²) in [5, 5.41) is 49.8. The van der Waals surface area contributed by atoms with E-state index in [0.29, 0.717) is 123 Å². The third-order valence-corrected chi connectivity index (χ3v) is 19.1. The van der Waals surface area contributed by atoms with E-state index in [9.17, 15) is 70.1 Å². The molecule has 2 N–H and O–H groups in total. The van der Waals surface area contributed by atoms with E-state index in [2.05, 4.69) is 75.4 Å². The van der Waals surface area contributed by atoms with Gasteiger partial charge in [-0.05, 0) is 251 Å². The van der Waals surface area contributed by atoms with Gasteiger partial charge in [-0.1, -0.05) is 60.5 Å². The highest BCUT2D eigenvalue weighted by Gasteiger charge is 2.40. The third-order valence-electron chi connectivity index (χ3n) is 18.5. The Morgan fingerprint density at radius 3 is 1.14 bits per heavy atom. The normalized spacial score (nSPS) is 14.5. The van der Waals surface area contributed by atoms with Crippen molar-refractivity contribution in [3.63, 3.8) is 0 Å². The van der Waals surface area contributed by atoms with Crippen molar-refractivity contribution in [1.82, 2.24) is 49.9 Å². The van der Waals surface area contributed by atoms with E-state index in [0.717, 1.165) is 86.6 Å². The lowest BCUT2D eigenvalue weighted by Gasteiger charge is -2.38. The van der Waals surface area contributed by atoms with Gasteiger partial charge in [0.1, 0.15) is 81.8 Å². The van der Waals surface area contributed by atoms with Crippen molar-refractivity contribution in [3.8, 4) is 47.1 Å². The summed E-state index contributed by atoms with van der Waals surface area (Å²) < 4.78 is 117. The zero-order valence-electron chi connectivity index (χ0n) is 63.1. The van der Waals surface area contributed by atoms with E-state index in [1.54, 1.807) is 84.4 Å². The lowest BCUT2D eigenvalue weighted by Crippen LogP contribution is -2.45. The van der Waals surface area contributed by atoms with E-state index in [4.69, 9.17) is 19.8 Å². The molecule has 0 bridgehead atoms. The number of hydrogen-bond acceptors (Lipinski definition) is 17. The number of likely N-dealkylation sites (tertiary alicyclic amines) is 3. The number of amides is 3. The predicted octanol–water partition coefficient (Wildman–Crippen LogP) is 20.7. The fourth-order valence-corrected chi connectivity index (χ4v) is 12.8. The van der Waals surface area contributed by atoms with Gasteiger partial charge in [-0.25, -0.2) is 69.4 Å². The van der Waals surface area contributed by atoms with Crippen LogP contribution >= 0.6 is 28.3 Å². The van der Waals surface area contributed by atoms with E-state index >= 15 is 0 Å². The van der Waals surface area contributed by atoms with Crippen molar-refractivity contribution in [2.45, 2.75) is 173 Å². The maximum absolute atomic E-state index is 14.1. The maximum atomic E-state index is 14.1. The minimum absolute atomic E-state index is 0. The Labute approximate surface area is 709 Å². The van der Waals surface area contributed by atoms with Gasteiger partial charge >= 0.3 is 18.2 Å². The molecule has 8 heterocycles. The molecule has 4 aromatic heterocycles. The molecular weight excluding hydrogens is 1630 g/mol. The molecule has 4 aliphatic rings. The third kappa shape index (κ3) is 33.0. The zero-order chi connectivity index (χ0) is 81.8. The number of rotatable bonds is 11. The maximum Gasteiger partial charge on any atom is 0.410 e. The van der Waals surface area contributed by atoms with Crippen molar-refractivity contribution in [3.05, 3.63) is 227 Å². The number of ether oxygens (including phenoxy) is 2. The van der Waals surface area contributed by atoms with Crippen LogP contribution in [0.5, 0.6) is 0 Å². The zero-order valence-corrected chi connectivity index (χ0v) is 65.5. The van der Waals surface area contributed by atoms with E-state index in [1.165, 1.54) is 37.1 Å². The van der Waals surface area contributed by atoms with Crippen LogP contribution in [-0.4, -0.2) is 137 Å². The van der Waals surface area contributed by atoms with Gasteiger partial charge in [0, 0.05) is 80.9 Å². The number of carboxylic acid groups (broad SMARTS) is 1. The number of aromatic nitrogens is 6. The SMILES string of the molecule is C.C.C.C.C.C.CC(C)(C)OC(=O)N1CCC(C#N)(Cc2cc(F)ccc2F)CC1.CC(C)(C)OC(=O)N1CCC(C#N)CC1.Cl.Fc1ccc(F)c(CBr)c1.N#CC1(Cc2cc(F)ccc2F)CCN(C(=O)c2cccnc2-c2ccncn2)CC1.N#CC1(Cc2cc(F)ccc2F)CCNCC1.O=C(O)c1cccnc1-c1ccncn1. The second kappa shape index (κ2) is 50.7.